The smallest absolute Gasteiger partial charge is 0.318 e. The molecular formula is C9H14ClN3O3S. The molecule has 2 rings (SSSR count). The molecule has 1 aliphatic rings. The zero-order chi connectivity index (χ0) is 12.3. The van der Waals surface area contributed by atoms with E-state index in [1.54, 1.807) is 0 Å². The summed E-state index contributed by atoms with van der Waals surface area (Å²) in [5, 5.41) is 7.76. The molecule has 1 fully saturated rings. The highest BCUT2D eigenvalue weighted by Gasteiger charge is 2.22. The molecule has 1 aliphatic heterocycles. The number of alkyl halides is 1. The molecule has 0 unspecified atom stereocenters. The molecule has 6 nitrogen and oxygen atoms in total. The number of anilines is 1. The highest BCUT2D eigenvalue weighted by molar-refractivity contribution is 7.91. The van der Waals surface area contributed by atoms with Crippen LogP contribution in [-0.4, -0.2) is 49.1 Å². The second kappa shape index (κ2) is 5.22. The fraction of sp³-hybridized carbons (Fsp3) is 0.778. The Hall–Kier alpha value is -0.820. The number of aromatic nitrogens is 2. The summed E-state index contributed by atoms with van der Waals surface area (Å²) in [5.41, 5.74) is 0. The van der Waals surface area contributed by atoms with Gasteiger partial charge in [-0.1, -0.05) is 5.10 Å². The summed E-state index contributed by atoms with van der Waals surface area (Å²) < 4.78 is 28.3. The Morgan fingerprint density at radius 2 is 2.12 bits per heavy atom. The SMILES string of the molecule is O=S1(=O)CCCN(c2nnc(CCCl)o2)CC1. The Labute approximate surface area is 105 Å². The van der Waals surface area contributed by atoms with Gasteiger partial charge in [0.05, 0.1) is 11.5 Å². The largest absolute Gasteiger partial charge is 0.408 e. The molecule has 0 aromatic carbocycles. The van der Waals surface area contributed by atoms with Crippen molar-refractivity contribution < 1.29 is 12.8 Å². The van der Waals surface area contributed by atoms with Gasteiger partial charge in [-0.05, 0) is 6.42 Å². The molecule has 0 amide bonds. The van der Waals surface area contributed by atoms with Gasteiger partial charge in [-0.2, -0.15) is 0 Å². The van der Waals surface area contributed by atoms with Crippen LogP contribution >= 0.6 is 11.6 Å². The summed E-state index contributed by atoms with van der Waals surface area (Å²) in [6.45, 7) is 1.03. The number of hydrogen-bond acceptors (Lipinski definition) is 6. The van der Waals surface area contributed by atoms with Gasteiger partial charge in [-0.3, -0.25) is 0 Å². The maximum atomic E-state index is 11.4. The van der Waals surface area contributed by atoms with Crippen molar-refractivity contribution in [2.45, 2.75) is 12.8 Å². The number of halogens is 1. The molecule has 0 radical (unpaired) electrons. The standard InChI is InChI=1S/C9H14ClN3O3S/c10-3-2-8-11-12-9(16-8)13-4-1-6-17(14,15)7-5-13/h1-7H2. The fourth-order valence-corrected chi connectivity index (χ4v) is 3.12. The van der Waals surface area contributed by atoms with Gasteiger partial charge in [-0.25, -0.2) is 8.42 Å². The van der Waals surface area contributed by atoms with Gasteiger partial charge in [0.2, 0.25) is 5.89 Å². The van der Waals surface area contributed by atoms with Crippen molar-refractivity contribution in [3.8, 4) is 0 Å². The monoisotopic (exact) mass is 279 g/mol. The van der Waals surface area contributed by atoms with Crippen molar-refractivity contribution in [1.82, 2.24) is 10.2 Å². The number of sulfone groups is 1. The average Bonchev–Trinajstić information content (AvgIpc) is 2.64. The zero-order valence-electron chi connectivity index (χ0n) is 9.30. The van der Waals surface area contributed by atoms with Crippen molar-refractivity contribution in [2.75, 3.05) is 35.4 Å². The summed E-state index contributed by atoms with van der Waals surface area (Å²) in [6, 6.07) is 0.391. The van der Waals surface area contributed by atoms with Gasteiger partial charge in [0.15, 0.2) is 9.84 Å². The minimum Gasteiger partial charge on any atom is -0.408 e. The third-order valence-electron chi connectivity index (χ3n) is 2.59. The van der Waals surface area contributed by atoms with Crippen LogP contribution in [0.4, 0.5) is 6.01 Å². The second-order valence-electron chi connectivity index (χ2n) is 3.91. The van der Waals surface area contributed by atoms with Crippen molar-refractivity contribution in [3.63, 3.8) is 0 Å². The first-order chi connectivity index (χ1) is 8.11. The van der Waals surface area contributed by atoms with Crippen LogP contribution in [0.1, 0.15) is 12.3 Å². The van der Waals surface area contributed by atoms with Crippen LogP contribution in [0, 0.1) is 0 Å². The molecule has 0 atom stereocenters. The first-order valence-electron chi connectivity index (χ1n) is 5.44. The molecule has 0 saturated carbocycles. The highest BCUT2D eigenvalue weighted by atomic mass is 35.5. The average molecular weight is 280 g/mol. The highest BCUT2D eigenvalue weighted by Crippen LogP contribution is 2.16. The topological polar surface area (TPSA) is 76.3 Å². The maximum Gasteiger partial charge on any atom is 0.318 e. The van der Waals surface area contributed by atoms with E-state index in [0.717, 1.165) is 0 Å². The van der Waals surface area contributed by atoms with Gasteiger partial charge < -0.3 is 9.32 Å². The van der Waals surface area contributed by atoms with E-state index < -0.39 is 9.84 Å². The van der Waals surface area contributed by atoms with Gasteiger partial charge in [0.25, 0.3) is 0 Å². The maximum absolute atomic E-state index is 11.4. The number of nitrogens with zero attached hydrogens (tertiary/aromatic N) is 3. The van der Waals surface area contributed by atoms with Crippen molar-refractivity contribution >= 4 is 27.5 Å². The lowest BCUT2D eigenvalue weighted by atomic mass is 10.4. The molecule has 0 aliphatic carbocycles. The Morgan fingerprint density at radius 3 is 2.88 bits per heavy atom. The van der Waals surface area contributed by atoms with E-state index in [9.17, 15) is 8.42 Å². The van der Waals surface area contributed by atoms with Crippen LogP contribution in [0.3, 0.4) is 0 Å². The summed E-state index contributed by atoms with van der Waals surface area (Å²) in [5.74, 6) is 1.28. The van der Waals surface area contributed by atoms with Crippen molar-refractivity contribution in [1.29, 1.82) is 0 Å². The van der Waals surface area contributed by atoms with E-state index in [-0.39, 0.29) is 11.5 Å². The molecule has 2 heterocycles. The predicted octanol–water partition coefficient (Wildman–Crippen LogP) is 0.476. The van der Waals surface area contributed by atoms with Gasteiger partial charge in [-0.15, -0.1) is 16.7 Å². The first-order valence-corrected chi connectivity index (χ1v) is 7.80. The third kappa shape index (κ3) is 3.32. The second-order valence-corrected chi connectivity index (χ2v) is 6.59. The van der Waals surface area contributed by atoms with Crippen LogP contribution in [0.2, 0.25) is 0 Å². The lowest BCUT2D eigenvalue weighted by molar-refractivity contribution is 0.490. The summed E-state index contributed by atoms with van der Waals surface area (Å²) >= 11 is 5.57. The van der Waals surface area contributed by atoms with Crippen LogP contribution < -0.4 is 4.90 Å². The van der Waals surface area contributed by atoms with Gasteiger partial charge in [0, 0.05) is 25.4 Å². The minimum atomic E-state index is -2.92. The first kappa shape index (κ1) is 12.6. The molecular weight excluding hydrogens is 266 g/mol. The lowest BCUT2D eigenvalue weighted by Crippen LogP contribution is -2.26. The van der Waals surface area contributed by atoms with E-state index in [0.29, 0.717) is 43.7 Å². The molecule has 1 aromatic rings. The van der Waals surface area contributed by atoms with E-state index in [4.69, 9.17) is 16.0 Å². The molecule has 1 saturated heterocycles. The number of rotatable bonds is 3. The van der Waals surface area contributed by atoms with Crippen LogP contribution in [0.25, 0.3) is 0 Å². The molecule has 1 aromatic heterocycles. The lowest BCUT2D eigenvalue weighted by Gasteiger charge is -2.15. The quantitative estimate of drug-likeness (QED) is 0.749. The normalized spacial score (nSPS) is 20.2. The third-order valence-corrected chi connectivity index (χ3v) is 4.49. The van der Waals surface area contributed by atoms with Crippen molar-refractivity contribution in [2.24, 2.45) is 0 Å². The Balaban J connectivity index is 2.06. The van der Waals surface area contributed by atoms with Gasteiger partial charge >= 0.3 is 6.01 Å². The van der Waals surface area contributed by atoms with E-state index in [2.05, 4.69) is 10.2 Å². The van der Waals surface area contributed by atoms with Crippen LogP contribution in [-0.2, 0) is 16.3 Å². The predicted molar refractivity (Wildman–Crippen MR) is 64.2 cm³/mol. The Kier molecular flexibility index (Phi) is 3.88. The van der Waals surface area contributed by atoms with E-state index in [1.165, 1.54) is 0 Å². The Bertz CT molecular complexity index is 474. The van der Waals surface area contributed by atoms with Crippen LogP contribution in [0.5, 0.6) is 0 Å². The molecule has 0 spiro atoms. The summed E-state index contributed by atoms with van der Waals surface area (Å²) in [4.78, 5) is 1.81. The molecule has 96 valence electrons. The van der Waals surface area contributed by atoms with Crippen molar-refractivity contribution in [3.05, 3.63) is 5.89 Å². The van der Waals surface area contributed by atoms with E-state index in [1.807, 2.05) is 4.90 Å². The summed E-state index contributed by atoms with van der Waals surface area (Å²) in [7, 11) is -2.92. The zero-order valence-corrected chi connectivity index (χ0v) is 10.9. The fourth-order valence-electron chi connectivity index (χ4n) is 1.68. The minimum absolute atomic E-state index is 0.139. The molecule has 0 bridgehead atoms. The van der Waals surface area contributed by atoms with Crippen LogP contribution in [0.15, 0.2) is 4.42 Å². The molecule has 17 heavy (non-hydrogen) atoms. The Morgan fingerprint density at radius 1 is 1.29 bits per heavy atom. The summed E-state index contributed by atoms with van der Waals surface area (Å²) in [6.07, 6.45) is 1.12. The molecule has 0 N–H and O–H groups in total. The van der Waals surface area contributed by atoms with Gasteiger partial charge in [0.1, 0.15) is 0 Å². The van der Waals surface area contributed by atoms with E-state index >= 15 is 0 Å². The number of hydrogen-bond donors (Lipinski definition) is 0. The number of aryl methyl sites for hydroxylation is 1. The molecule has 8 heteroatoms.